The van der Waals surface area contributed by atoms with E-state index in [1.807, 2.05) is 54.3 Å². The van der Waals surface area contributed by atoms with Crippen molar-refractivity contribution in [3.05, 3.63) is 76.7 Å². The van der Waals surface area contributed by atoms with Crippen molar-refractivity contribution < 1.29 is 14.1 Å². The highest BCUT2D eigenvalue weighted by Crippen LogP contribution is 2.36. The van der Waals surface area contributed by atoms with Gasteiger partial charge in [0, 0.05) is 55.5 Å². The van der Waals surface area contributed by atoms with Crippen molar-refractivity contribution in [2.75, 3.05) is 26.2 Å². The number of aryl methyl sites for hydroxylation is 1. The lowest BCUT2D eigenvalue weighted by atomic mass is 10.0. The second-order valence-electron chi connectivity index (χ2n) is 7.63. The van der Waals surface area contributed by atoms with Crippen LogP contribution in [-0.4, -0.2) is 52.8 Å². The molecule has 2 aliphatic rings. The summed E-state index contributed by atoms with van der Waals surface area (Å²) in [4.78, 5) is 29.9. The number of hydrogen-bond acceptors (Lipinski definition) is 5. The Labute approximate surface area is 168 Å². The SMILES string of the molecule is Cc1cc(CN2CCN(C(=O)c3ccc4c(c3)C(=O)c3ccccc3-4)CC2)no1. The molecule has 146 valence electrons. The second-order valence-corrected chi connectivity index (χ2v) is 7.63. The summed E-state index contributed by atoms with van der Waals surface area (Å²) in [5.41, 5.74) is 4.68. The average molecular weight is 387 g/mol. The van der Waals surface area contributed by atoms with E-state index in [0.29, 0.717) is 29.8 Å². The lowest BCUT2D eigenvalue weighted by Gasteiger charge is -2.34. The van der Waals surface area contributed by atoms with E-state index in [-0.39, 0.29) is 11.7 Å². The summed E-state index contributed by atoms with van der Waals surface area (Å²) < 4.78 is 5.12. The first-order valence-electron chi connectivity index (χ1n) is 9.82. The Bertz CT molecular complexity index is 1110. The molecule has 1 amide bonds. The third-order valence-electron chi connectivity index (χ3n) is 5.69. The molecule has 0 spiro atoms. The molecular formula is C23H21N3O3. The summed E-state index contributed by atoms with van der Waals surface area (Å²) in [6, 6.07) is 15.0. The fraction of sp³-hybridized carbons (Fsp3) is 0.261. The Hall–Kier alpha value is -3.25. The molecule has 1 saturated heterocycles. The van der Waals surface area contributed by atoms with Crippen LogP contribution in [0.25, 0.3) is 11.1 Å². The lowest BCUT2D eigenvalue weighted by Crippen LogP contribution is -2.48. The number of nitrogens with zero attached hydrogens (tertiary/aromatic N) is 3. The third kappa shape index (κ3) is 3.15. The van der Waals surface area contributed by atoms with Gasteiger partial charge in [0.15, 0.2) is 5.78 Å². The number of benzene rings is 2. The number of carbonyl (C=O) groups is 2. The number of fused-ring (bicyclic) bond motifs is 3. The molecule has 29 heavy (non-hydrogen) atoms. The zero-order chi connectivity index (χ0) is 20.0. The van der Waals surface area contributed by atoms with Crippen LogP contribution in [0.5, 0.6) is 0 Å². The van der Waals surface area contributed by atoms with Crippen LogP contribution in [0.15, 0.2) is 53.1 Å². The fourth-order valence-corrected chi connectivity index (χ4v) is 4.17. The summed E-state index contributed by atoms with van der Waals surface area (Å²) in [7, 11) is 0. The average Bonchev–Trinajstić information content (AvgIpc) is 3.29. The Morgan fingerprint density at radius 1 is 0.966 bits per heavy atom. The van der Waals surface area contributed by atoms with Crippen molar-refractivity contribution in [2.45, 2.75) is 13.5 Å². The standard InChI is InChI=1S/C23H21N3O3/c1-15-12-17(24-29-15)14-25-8-10-26(11-9-25)23(28)16-6-7-19-18-4-2-3-5-20(18)22(27)21(19)13-16/h2-7,12-13H,8-11,14H2,1H3. The van der Waals surface area contributed by atoms with Crippen LogP contribution in [0.1, 0.15) is 37.7 Å². The summed E-state index contributed by atoms with van der Waals surface area (Å²) >= 11 is 0. The van der Waals surface area contributed by atoms with Crippen molar-refractivity contribution in [3.63, 3.8) is 0 Å². The van der Waals surface area contributed by atoms with Gasteiger partial charge >= 0.3 is 0 Å². The van der Waals surface area contributed by atoms with Gasteiger partial charge < -0.3 is 9.42 Å². The molecular weight excluding hydrogens is 366 g/mol. The highest BCUT2D eigenvalue weighted by atomic mass is 16.5. The number of ketones is 1. The normalized spacial score (nSPS) is 16.0. The van der Waals surface area contributed by atoms with Crippen LogP contribution in [0, 0.1) is 6.92 Å². The molecule has 0 bridgehead atoms. The monoisotopic (exact) mass is 387 g/mol. The van der Waals surface area contributed by atoms with Gasteiger partial charge in [-0.2, -0.15) is 0 Å². The van der Waals surface area contributed by atoms with Crippen LogP contribution in [0.2, 0.25) is 0 Å². The Balaban J connectivity index is 1.28. The lowest BCUT2D eigenvalue weighted by molar-refractivity contribution is 0.0625. The first-order valence-corrected chi connectivity index (χ1v) is 9.82. The van der Waals surface area contributed by atoms with Gasteiger partial charge in [0.1, 0.15) is 5.76 Å². The van der Waals surface area contributed by atoms with Crippen molar-refractivity contribution >= 4 is 11.7 Å². The fourth-order valence-electron chi connectivity index (χ4n) is 4.17. The molecule has 2 heterocycles. The third-order valence-corrected chi connectivity index (χ3v) is 5.69. The van der Waals surface area contributed by atoms with Crippen LogP contribution in [-0.2, 0) is 6.54 Å². The predicted octanol–water partition coefficient (Wildman–Crippen LogP) is 3.15. The summed E-state index contributed by atoms with van der Waals surface area (Å²) in [6.45, 7) is 5.49. The number of piperazine rings is 1. The van der Waals surface area contributed by atoms with Gasteiger partial charge in [0.2, 0.25) is 0 Å². The molecule has 0 atom stereocenters. The van der Waals surface area contributed by atoms with E-state index in [0.717, 1.165) is 42.2 Å². The molecule has 2 aromatic carbocycles. The number of hydrogen-bond donors (Lipinski definition) is 0. The van der Waals surface area contributed by atoms with E-state index in [2.05, 4.69) is 10.1 Å². The highest BCUT2D eigenvalue weighted by Gasteiger charge is 2.29. The van der Waals surface area contributed by atoms with E-state index in [1.165, 1.54) is 0 Å². The molecule has 6 nitrogen and oxygen atoms in total. The molecule has 3 aromatic rings. The molecule has 1 fully saturated rings. The van der Waals surface area contributed by atoms with Crippen LogP contribution in [0.4, 0.5) is 0 Å². The minimum absolute atomic E-state index is 0.00188. The molecule has 0 N–H and O–H groups in total. The molecule has 1 aromatic heterocycles. The van der Waals surface area contributed by atoms with E-state index >= 15 is 0 Å². The van der Waals surface area contributed by atoms with E-state index in [4.69, 9.17) is 4.52 Å². The summed E-state index contributed by atoms with van der Waals surface area (Å²) in [5, 5.41) is 4.04. The van der Waals surface area contributed by atoms with Gasteiger partial charge in [-0.3, -0.25) is 14.5 Å². The van der Waals surface area contributed by atoms with Crippen LogP contribution < -0.4 is 0 Å². The Kier molecular flexibility index (Phi) is 4.28. The van der Waals surface area contributed by atoms with E-state index in [1.54, 1.807) is 6.07 Å². The summed E-state index contributed by atoms with van der Waals surface area (Å²) in [6.07, 6.45) is 0. The zero-order valence-corrected chi connectivity index (χ0v) is 16.2. The van der Waals surface area contributed by atoms with E-state index in [9.17, 15) is 9.59 Å². The second kappa shape index (κ2) is 6.97. The van der Waals surface area contributed by atoms with Gasteiger partial charge in [0.25, 0.3) is 5.91 Å². The predicted molar refractivity (Wildman–Crippen MR) is 108 cm³/mol. The molecule has 6 heteroatoms. The smallest absolute Gasteiger partial charge is 0.253 e. The Morgan fingerprint density at radius 2 is 1.69 bits per heavy atom. The Morgan fingerprint density at radius 3 is 2.41 bits per heavy atom. The van der Waals surface area contributed by atoms with Crippen molar-refractivity contribution in [2.24, 2.45) is 0 Å². The first kappa shape index (κ1) is 17.8. The maximum absolute atomic E-state index is 13.0. The minimum atomic E-state index is -0.0199. The molecule has 5 rings (SSSR count). The molecule has 0 saturated carbocycles. The molecule has 0 unspecified atom stereocenters. The zero-order valence-electron chi connectivity index (χ0n) is 16.2. The van der Waals surface area contributed by atoms with Gasteiger partial charge in [-0.1, -0.05) is 35.5 Å². The van der Waals surface area contributed by atoms with Gasteiger partial charge in [-0.15, -0.1) is 0 Å². The minimum Gasteiger partial charge on any atom is -0.361 e. The van der Waals surface area contributed by atoms with Crippen molar-refractivity contribution in [3.8, 4) is 11.1 Å². The van der Waals surface area contributed by atoms with Crippen LogP contribution >= 0.6 is 0 Å². The number of rotatable bonds is 3. The number of aromatic nitrogens is 1. The number of carbonyl (C=O) groups excluding carboxylic acids is 2. The van der Waals surface area contributed by atoms with Crippen molar-refractivity contribution in [1.29, 1.82) is 0 Å². The summed E-state index contributed by atoms with van der Waals surface area (Å²) in [5.74, 6) is 0.786. The molecule has 1 aliphatic carbocycles. The number of amides is 1. The topological polar surface area (TPSA) is 66.7 Å². The van der Waals surface area contributed by atoms with Crippen molar-refractivity contribution in [1.82, 2.24) is 15.0 Å². The van der Waals surface area contributed by atoms with Gasteiger partial charge in [0.05, 0.1) is 5.69 Å². The molecule has 1 aliphatic heterocycles. The molecule has 0 radical (unpaired) electrons. The highest BCUT2D eigenvalue weighted by molar-refractivity contribution is 6.22. The van der Waals surface area contributed by atoms with Gasteiger partial charge in [-0.25, -0.2) is 0 Å². The van der Waals surface area contributed by atoms with Crippen LogP contribution in [0.3, 0.4) is 0 Å². The van der Waals surface area contributed by atoms with Gasteiger partial charge in [-0.05, 0) is 30.2 Å². The maximum atomic E-state index is 13.0. The largest absolute Gasteiger partial charge is 0.361 e. The first-order chi connectivity index (χ1) is 14.1. The quantitative estimate of drug-likeness (QED) is 0.540. The van der Waals surface area contributed by atoms with E-state index < -0.39 is 0 Å². The maximum Gasteiger partial charge on any atom is 0.253 e.